The second-order valence-corrected chi connectivity index (χ2v) is 11.5. The van der Waals surface area contributed by atoms with Gasteiger partial charge in [0.2, 0.25) is 0 Å². The molecule has 0 atom stereocenters. The van der Waals surface area contributed by atoms with Crippen LogP contribution in [-0.2, 0) is 42.9 Å². The Morgan fingerprint density at radius 2 is 0.707 bits per heavy atom. The van der Waals surface area contributed by atoms with Gasteiger partial charge >= 0.3 is 23.9 Å². The summed E-state index contributed by atoms with van der Waals surface area (Å²) in [7, 11) is 0. The number of esters is 4. The molecule has 0 aromatic heterocycles. The van der Waals surface area contributed by atoms with Gasteiger partial charge in [0, 0.05) is 25.7 Å². The van der Waals surface area contributed by atoms with E-state index in [0.29, 0.717) is 48.7 Å². The first kappa shape index (κ1) is 40.2. The molecule has 0 aliphatic heterocycles. The molecule has 11 nitrogen and oxygen atoms in total. The number of thiol groups is 4. The maximum atomic E-state index is 12.1. The third-order valence-electron chi connectivity index (χ3n) is 5.80. The molecule has 0 fully saturated rings. The first-order valence-corrected chi connectivity index (χ1v) is 16.0. The lowest BCUT2D eigenvalue weighted by Crippen LogP contribution is -2.46. The molecule has 240 valence electrons. The number of aliphatic hydroxyl groups excluding tert-OH is 2. The van der Waals surface area contributed by atoms with Gasteiger partial charge in [-0.1, -0.05) is 0 Å². The zero-order chi connectivity index (χ0) is 31.0. The number of rotatable bonds is 26. The average molecular weight is 663 g/mol. The van der Waals surface area contributed by atoms with Crippen molar-refractivity contribution in [2.75, 3.05) is 75.9 Å². The molecule has 0 heterocycles. The van der Waals surface area contributed by atoms with Crippen LogP contribution in [0.5, 0.6) is 0 Å². The van der Waals surface area contributed by atoms with Crippen LogP contribution in [0.4, 0.5) is 0 Å². The van der Waals surface area contributed by atoms with E-state index in [9.17, 15) is 29.4 Å². The van der Waals surface area contributed by atoms with E-state index in [1.165, 1.54) is 0 Å². The number of aliphatic hydroxyl groups is 2. The van der Waals surface area contributed by atoms with Crippen molar-refractivity contribution in [3.8, 4) is 0 Å². The van der Waals surface area contributed by atoms with E-state index < -0.39 is 47.9 Å². The van der Waals surface area contributed by atoms with E-state index in [1.807, 2.05) is 0 Å². The minimum absolute atomic E-state index is 0.123. The highest BCUT2D eigenvalue weighted by Crippen LogP contribution is 2.25. The molecule has 0 unspecified atom stereocenters. The van der Waals surface area contributed by atoms with Gasteiger partial charge in [-0.2, -0.15) is 50.5 Å². The molecule has 0 saturated heterocycles. The summed E-state index contributed by atoms with van der Waals surface area (Å²) in [6.45, 7) is -2.86. The lowest BCUT2D eigenvalue weighted by atomic mass is 9.90. The summed E-state index contributed by atoms with van der Waals surface area (Å²) in [5.41, 5.74) is -2.64. The molecule has 41 heavy (non-hydrogen) atoms. The van der Waals surface area contributed by atoms with Crippen LogP contribution < -0.4 is 0 Å². The van der Waals surface area contributed by atoms with E-state index in [0.717, 1.165) is 0 Å². The van der Waals surface area contributed by atoms with E-state index in [2.05, 4.69) is 50.5 Å². The van der Waals surface area contributed by atoms with Crippen LogP contribution >= 0.6 is 50.5 Å². The summed E-state index contributed by atoms with van der Waals surface area (Å²) < 4.78 is 27.2. The Balaban J connectivity index is 5.62. The molecule has 0 saturated carbocycles. The molecule has 0 aliphatic carbocycles. The third kappa shape index (κ3) is 19.1. The summed E-state index contributed by atoms with van der Waals surface area (Å²) >= 11 is 16.3. The number of carbonyl (C=O) groups excluding carboxylic acids is 4. The van der Waals surface area contributed by atoms with Gasteiger partial charge in [-0.3, -0.25) is 19.2 Å². The van der Waals surface area contributed by atoms with Crippen molar-refractivity contribution in [3.05, 3.63) is 0 Å². The van der Waals surface area contributed by atoms with Gasteiger partial charge in [-0.25, -0.2) is 0 Å². The molecular weight excluding hydrogens is 617 g/mol. The molecule has 0 aromatic rings. The second kappa shape index (κ2) is 24.6. The molecule has 0 aliphatic rings. The number of hydrogen-bond donors (Lipinski definition) is 6. The molecular formula is C26H46O11S4. The highest BCUT2D eigenvalue weighted by molar-refractivity contribution is 7.80. The van der Waals surface area contributed by atoms with Gasteiger partial charge in [0.15, 0.2) is 0 Å². The summed E-state index contributed by atoms with van der Waals surface area (Å²) in [6, 6.07) is 0. The van der Waals surface area contributed by atoms with Gasteiger partial charge in [0.25, 0.3) is 0 Å². The van der Waals surface area contributed by atoms with Crippen LogP contribution in [-0.4, -0.2) is 110 Å². The molecule has 0 rings (SSSR count). The molecule has 0 aromatic carbocycles. The zero-order valence-corrected chi connectivity index (χ0v) is 27.1. The molecule has 0 bridgehead atoms. The molecule has 0 amide bonds. The summed E-state index contributed by atoms with van der Waals surface area (Å²) in [4.78, 5) is 48.5. The number of hydrogen-bond acceptors (Lipinski definition) is 15. The van der Waals surface area contributed by atoms with Crippen LogP contribution in [0.25, 0.3) is 0 Å². The SMILES string of the molecule is O=C(CCCS)OCC(CO)(COCC(CO)(COC(=O)CCCS)COC(=O)CCCS)COC(=O)CCCS. The molecule has 0 radical (unpaired) electrons. The summed E-state index contributed by atoms with van der Waals surface area (Å²) in [5, 5.41) is 20.5. The predicted octanol–water partition coefficient (Wildman–Crippen LogP) is 1.97. The standard InChI is InChI=1S/C26H46O11S4/c27-13-25(17-34-21(29)5-1-9-38,18-35-22(30)6-2-10-39)15-33-16-26(14-28,19-36-23(31)7-3-11-40)20-37-24(32)8-4-12-41/h27-28,38-41H,1-20H2. The van der Waals surface area contributed by atoms with Gasteiger partial charge < -0.3 is 33.9 Å². The van der Waals surface area contributed by atoms with Gasteiger partial charge in [0.05, 0.1) is 37.3 Å². The topological polar surface area (TPSA) is 155 Å². The minimum Gasteiger partial charge on any atom is -0.465 e. The maximum Gasteiger partial charge on any atom is 0.305 e. The van der Waals surface area contributed by atoms with Crippen molar-refractivity contribution in [1.29, 1.82) is 0 Å². The van der Waals surface area contributed by atoms with Gasteiger partial charge in [0.1, 0.15) is 26.4 Å². The zero-order valence-electron chi connectivity index (χ0n) is 23.5. The molecule has 15 heteroatoms. The van der Waals surface area contributed by atoms with E-state index in [-0.39, 0.29) is 65.3 Å². The van der Waals surface area contributed by atoms with Crippen molar-refractivity contribution < 1.29 is 53.1 Å². The summed E-state index contributed by atoms with van der Waals surface area (Å²) in [5.74, 6) is -0.0646. The van der Waals surface area contributed by atoms with E-state index in [4.69, 9.17) is 23.7 Å². The van der Waals surface area contributed by atoms with Crippen LogP contribution in [0.3, 0.4) is 0 Å². The van der Waals surface area contributed by atoms with Crippen molar-refractivity contribution >= 4 is 74.4 Å². The minimum atomic E-state index is -1.32. The smallest absolute Gasteiger partial charge is 0.305 e. The molecule has 2 N–H and O–H groups in total. The van der Waals surface area contributed by atoms with Crippen molar-refractivity contribution in [3.63, 3.8) is 0 Å². The highest BCUT2D eigenvalue weighted by Gasteiger charge is 2.38. The lowest BCUT2D eigenvalue weighted by Gasteiger charge is -2.34. The monoisotopic (exact) mass is 662 g/mol. The van der Waals surface area contributed by atoms with Crippen LogP contribution in [0, 0.1) is 10.8 Å². The van der Waals surface area contributed by atoms with Crippen molar-refractivity contribution in [1.82, 2.24) is 0 Å². The Labute approximate surface area is 264 Å². The Morgan fingerprint density at radius 3 is 0.902 bits per heavy atom. The van der Waals surface area contributed by atoms with Crippen molar-refractivity contribution in [2.45, 2.75) is 51.4 Å². The first-order chi connectivity index (χ1) is 19.6. The normalized spacial score (nSPS) is 11.7. The van der Waals surface area contributed by atoms with Crippen LogP contribution in [0.1, 0.15) is 51.4 Å². The average Bonchev–Trinajstić information content (AvgIpc) is 2.98. The number of ether oxygens (including phenoxy) is 5. The fourth-order valence-electron chi connectivity index (χ4n) is 3.12. The molecule has 0 spiro atoms. The maximum absolute atomic E-state index is 12.1. The van der Waals surface area contributed by atoms with E-state index in [1.54, 1.807) is 0 Å². The highest BCUT2D eigenvalue weighted by atomic mass is 32.1. The Kier molecular flexibility index (Phi) is 24.1. The van der Waals surface area contributed by atoms with Gasteiger partial charge in [-0.15, -0.1) is 0 Å². The fraction of sp³-hybridized carbons (Fsp3) is 0.846. The predicted molar refractivity (Wildman–Crippen MR) is 166 cm³/mol. The van der Waals surface area contributed by atoms with Crippen LogP contribution in [0.15, 0.2) is 0 Å². The Morgan fingerprint density at radius 1 is 0.463 bits per heavy atom. The van der Waals surface area contributed by atoms with E-state index >= 15 is 0 Å². The first-order valence-electron chi connectivity index (χ1n) is 13.5. The van der Waals surface area contributed by atoms with Crippen LogP contribution in [0.2, 0.25) is 0 Å². The Hall–Kier alpha value is -0.840. The summed E-state index contributed by atoms with van der Waals surface area (Å²) in [6.07, 6.45) is 2.50. The van der Waals surface area contributed by atoms with Crippen molar-refractivity contribution in [2.24, 2.45) is 10.8 Å². The lowest BCUT2D eigenvalue weighted by molar-refractivity contribution is -0.168. The number of carbonyl (C=O) groups is 4. The largest absolute Gasteiger partial charge is 0.465 e. The second-order valence-electron chi connectivity index (χ2n) is 9.76. The third-order valence-corrected chi connectivity index (χ3v) is 7.07. The fourth-order valence-corrected chi connectivity index (χ4v) is 3.76. The Bertz CT molecular complexity index is 647. The van der Waals surface area contributed by atoms with Gasteiger partial charge in [-0.05, 0) is 48.7 Å². The quantitative estimate of drug-likeness (QED) is 0.0458.